The minimum atomic E-state index is -0.0664. The van der Waals surface area contributed by atoms with Crippen molar-refractivity contribution in [1.29, 1.82) is 0 Å². The Kier molecular flexibility index (Phi) is 2.28. The number of nitrogens with one attached hydrogen (secondary N) is 1. The van der Waals surface area contributed by atoms with Gasteiger partial charge in [0.15, 0.2) is 0 Å². The largest absolute Gasteiger partial charge is 0.311 e. The summed E-state index contributed by atoms with van der Waals surface area (Å²) in [6.07, 6.45) is 0. The maximum atomic E-state index is 11.4. The maximum absolute atomic E-state index is 11.4. The summed E-state index contributed by atoms with van der Waals surface area (Å²) in [4.78, 5) is 18.4. The van der Waals surface area contributed by atoms with E-state index >= 15 is 0 Å². The number of H-pyrrole nitrogens is 1. The van der Waals surface area contributed by atoms with Crippen LogP contribution in [0.3, 0.4) is 0 Å². The third-order valence-electron chi connectivity index (χ3n) is 1.98. The van der Waals surface area contributed by atoms with Gasteiger partial charge in [0.25, 0.3) is 5.56 Å². The molecule has 1 N–H and O–H groups in total. The third kappa shape index (κ3) is 1.97. The van der Waals surface area contributed by atoms with Crippen molar-refractivity contribution >= 4 is 0 Å². The molecule has 0 spiro atoms. The average Bonchev–Trinajstić information content (AvgIpc) is 1.94. The van der Waals surface area contributed by atoms with E-state index in [2.05, 4.69) is 30.7 Å². The average molecular weight is 180 g/mol. The predicted octanol–water partition coefficient (Wildman–Crippen LogP) is 1.68. The van der Waals surface area contributed by atoms with Crippen LogP contribution in [-0.2, 0) is 5.41 Å². The van der Waals surface area contributed by atoms with Crippen LogP contribution < -0.4 is 5.56 Å². The maximum Gasteiger partial charge on any atom is 0.254 e. The molecular weight excluding hydrogens is 164 g/mol. The van der Waals surface area contributed by atoms with Gasteiger partial charge in [-0.3, -0.25) is 4.79 Å². The van der Waals surface area contributed by atoms with E-state index < -0.39 is 0 Å². The van der Waals surface area contributed by atoms with Crippen LogP contribution in [0.4, 0.5) is 0 Å². The Balaban J connectivity index is 3.46. The Morgan fingerprint density at radius 2 is 1.77 bits per heavy atom. The van der Waals surface area contributed by atoms with E-state index in [1.165, 1.54) is 0 Å². The summed E-state index contributed by atoms with van der Waals surface area (Å²) in [5, 5.41) is 0. The van der Waals surface area contributed by atoms with Crippen molar-refractivity contribution in [2.24, 2.45) is 0 Å². The topological polar surface area (TPSA) is 45.8 Å². The van der Waals surface area contributed by atoms with Crippen LogP contribution in [-0.4, -0.2) is 9.97 Å². The summed E-state index contributed by atoms with van der Waals surface area (Å²) >= 11 is 0. The van der Waals surface area contributed by atoms with Crippen LogP contribution in [0.5, 0.6) is 0 Å². The van der Waals surface area contributed by atoms with E-state index in [9.17, 15) is 4.79 Å². The highest BCUT2D eigenvalue weighted by atomic mass is 16.1. The van der Waals surface area contributed by atoms with Crippen LogP contribution in [0, 0.1) is 13.8 Å². The van der Waals surface area contributed by atoms with E-state index in [4.69, 9.17) is 0 Å². The predicted molar refractivity (Wildman–Crippen MR) is 53.0 cm³/mol. The van der Waals surface area contributed by atoms with Crippen LogP contribution in [0.15, 0.2) is 4.79 Å². The second-order valence-corrected chi connectivity index (χ2v) is 4.37. The van der Waals surface area contributed by atoms with Gasteiger partial charge in [-0.2, -0.15) is 0 Å². The van der Waals surface area contributed by atoms with Gasteiger partial charge in [0.05, 0.1) is 5.69 Å². The number of rotatable bonds is 0. The molecule has 1 aromatic heterocycles. The Bertz CT molecular complexity index is 371. The molecule has 0 atom stereocenters. The number of aryl methyl sites for hydroxylation is 1. The van der Waals surface area contributed by atoms with Gasteiger partial charge in [0.2, 0.25) is 0 Å². The van der Waals surface area contributed by atoms with Gasteiger partial charge in [0, 0.05) is 11.0 Å². The molecule has 0 saturated heterocycles. The van der Waals surface area contributed by atoms with Gasteiger partial charge in [0.1, 0.15) is 5.82 Å². The molecule has 0 aromatic carbocycles. The first-order chi connectivity index (χ1) is 5.82. The Morgan fingerprint density at radius 1 is 1.23 bits per heavy atom. The first kappa shape index (κ1) is 9.96. The number of aromatic amines is 1. The molecule has 0 unspecified atom stereocenters. The number of aromatic nitrogens is 2. The lowest BCUT2D eigenvalue weighted by Gasteiger charge is -2.19. The highest BCUT2D eigenvalue weighted by Crippen LogP contribution is 2.20. The van der Waals surface area contributed by atoms with E-state index in [-0.39, 0.29) is 11.0 Å². The highest BCUT2D eigenvalue weighted by Gasteiger charge is 2.19. The monoisotopic (exact) mass is 180 g/mol. The molecule has 0 aliphatic rings. The lowest BCUT2D eigenvalue weighted by Crippen LogP contribution is -2.24. The summed E-state index contributed by atoms with van der Waals surface area (Å²) in [6.45, 7) is 9.78. The normalized spacial score (nSPS) is 11.8. The van der Waals surface area contributed by atoms with Crippen molar-refractivity contribution in [3.63, 3.8) is 0 Å². The molecule has 0 amide bonds. The van der Waals surface area contributed by atoms with E-state index in [1.807, 2.05) is 6.92 Å². The van der Waals surface area contributed by atoms with Crippen LogP contribution >= 0.6 is 0 Å². The molecule has 1 aromatic rings. The highest BCUT2D eigenvalue weighted by molar-refractivity contribution is 5.22. The number of hydrogen-bond donors (Lipinski definition) is 1. The standard InChI is InChI=1S/C10H16N2O/c1-6-8(10(3,4)5)11-7(2)12-9(6)13/h1-5H3,(H,11,12,13). The molecule has 1 rings (SSSR count). The van der Waals surface area contributed by atoms with Crippen molar-refractivity contribution < 1.29 is 0 Å². The van der Waals surface area contributed by atoms with Gasteiger partial charge in [-0.25, -0.2) is 4.98 Å². The summed E-state index contributed by atoms with van der Waals surface area (Å²) in [5.74, 6) is 0.681. The summed E-state index contributed by atoms with van der Waals surface area (Å²) in [7, 11) is 0. The molecule has 0 saturated carbocycles. The fourth-order valence-corrected chi connectivity index (χ4v) is 1.38. The van der Waals surface area contributed by atoms with Gasteiger partial charge in [-0.05, 0) is 13.8 Å². The smallest absolute Gasteiger partial charge is 0.254 e. The van der Waals surface area contributed by atoms with Gasteiger partial charge >= 0.3 is 0 Å². The molecule has 0 radical (unpaired) electrons. The first-order valence-electron chi connectivity index (χ1n) is 4.40. The molecule has 1 heterocycles. The zero-order chi connectivity index (χ0) is 10.2. The second-order valence-electron chi connectivity index (χ2n) is 4.37. The molecule has 72 valence electrons. The van der Waals surface area contributed by atoms with Crippen LogP contribution in [0.25, 0.3) is 0 Å². The Hall–Kier alpha value is -1.12. The summed E-state index contributed by atoms with van der Waals surface area (Å²) < 4.78 is 0. The molecule has 0 bridgehead atoms. The SMILES string of the molecule is Cc1nc(C(C)(C)C)c(C)c(=O)[nH]1. The lowest BCUT2D eigenvalue weighted by molar-refractivity contribution is 0.557. The third-order valence-corrected chi connectivity index (χ3v) is 1.98. The first-order valence-corrected chi connectivity index (χ1v) is 4.40. The minimum absolute atomic E-state index is 0.0302. The van der Waals surface area contributed by atoms with Crippen molar-refractivity contribution in [1.82, 2.24) is 9.97 Å². The zero-order valence-corrected chi connectivity index (χ0v) is 8.86. The van der Waals surface area contributed by atoms with Crippen molar-refractivity contribution in [2.45, 2.75) is 40.0 Å². The molecule has 13 heavy (non-hydrogen) atoms. The summed E-state index contributed by atoms with van der Waals surface area (Å²) in [6, 6.07) is 0. The van der Waals surface area contributed by atoms with Crippen molar-refractivity contribution in [2.75, 3.05) is 0 Å². The fourth-order valence-electron chi connectivity index (χ4n) is 1.38. The molecule has 3 heteroatoms. The van der Waals surface area contributed by atoms with Crippen molar-refractivity contribution in [3.05, 3.63) is 27.4 Å². The molecule has 0 fully saturated rings. The lowest BCUT2D eigenvalue weighted by atomic mass is 9.89. The Labute approximate surface area is 78.2 Å². The van der Waals surface area contributed by atoms with E-state index in [0.717, 1.165) is 11.3 Å². The molecule has 0 aliphatic heterocycles. The molecule has 0 aliphatic carbocycles. The number of hydrogen-bond acceptors (Lipinski definition) is 2. The second kappa shape index (κ2) is 2.98. The van der Waals surface area contributed by atoms with Gasteiger partial charge in [-0.1, -0.05) is 20.8 Å². The van der Waals surface area contributed by atoms with Crippen LogP contribution in [0.2, 0.25) is 0 Å². The van der Waals surface area contributed by atoms with E-state index in [0.29, 0.717) is 5.82 Å². The Morgan fingerprint density at radius 3 is 2.23 bits per heavy atom. The van der Waals surface area contributed by atoms with Gasteiger partial charge < -0.3 is 4.98 Å². The molecule has 3 nitrogen and oxygen atoms in total. The quantitative estimate of drug-likeness (QED) is 0.660. The minimum Gasteiger partial charge on any atom is -0.311 e. The number of nitrogens with zero attached hydrogens (tertiary/aromatic N) is 1. The van der Waals surface area contributed by atoms with Crippen molar-refractivity contribution in [3.8, 4) is 0 Å². The van der Waals surface area contributed by atoms with E-state index in [1.54, 1.807) is 6.92 Å². The van der Waals surface area contributed by atoms with Crippen LogP contribution in [0.1, 0.15) is 37.9 Å². The molecular formula is C10H16N2O. The fraction of sp³-hybridized carbons (Fsp3) is 0.600. The zero-order valence-electron chi connectivity index (χ0n) is 8.86. The van der Waals surface area contributed by atoms with Gasteiger partial charge in [-0.15, -0.1) is 0 Å². The summed E-state index contributed by atoms with van der Waals surface area (Å²) in [5.41, 5.74) is 1.51.